The molecule has 1 heterocycles. The van der Waals surface area contributed by atoms with Crippen molar-refractivity contribution in [1.29, 1.82) is 5.26 Å². The van der Waals surface area contributed by atoms with E-state index < -0.39 is 5.91 Å². The van der Waals surface area contributed by atoms with Gasteiger partial charge in [-0.05, 0) is 56.5 Å². The molecule has 6 heteroatoms. The smallest absolute Gasteiger partial charge is 0.266 e. The third-order valence-electron chi connectivity index (χ3n) is 4.74. The summed E-state index contributed by atoms with van der Waals surface area (Å²) >= 11 is 0. The van der Waals surface area contributed by atoms with Gasteiger partial charge >= 0.3 is 0 Å². The van der Waals surface area contributed by atoms with E-state index in [4.69, 9.17) is 9.47 Å². The van der Waals surface area contributed by atoms with E-state index in [-0.39, 0.29) is 5.57 Å². The van der Waals surface area contributed by atoms with Gasteiger partial charge in [0.1, 0.15) is 11.6 Å². The first-order valence-corrected chi connectivity index (χ1v) is 8.82. The molecule has 1 aliphatic carbocycles. The Bertz CT molecular complexity index is 946. The minimum absolute atomic E-state index is 0.0563. The highest BCUT2D eigenvalue weighted by Gasteiger charge is 2.26. The number of carbonyl (C=O) groups is 1. The van der Waals surface area contributed by atoms with Gasteiger partial charge in [0.25, 0.3) is 5.91 Å². The maximum Gasteiger partial charge on any atom is 0.266 e. The normalized spacial score (nSPS) is 13.8. The Morgan fingerprint density at radius 1 is 1.22 bits per heavy atom. The van der Waals surface area contributed by atoms with Gasteiger partial charge in [0.2, 0.25) is 0 Å². The van der Waals surface area contributed by atoms with Gasteiger partial charge < -0.3 is 19.4 Å². The van der Waals surface area contributed by atoms with Crippen molar-refractivity contribution in [2.45, 2.75) is 32.7 Å². The molecule has 0 bridgehead atoms. The van der Waals surface area contributed by atoms with Crippen molar-refractivity contribution in [2.75, 3.05) is 19.5 Å². The first-order valence-electron chi connectivity index (χ1n) is 8.82. The molecule has 0 aliphatic heterocycles. The predicted octanol–water partition coefficient (Wildman–Crippen LogP) is 4.00. The van der Waals surface area contributed by atoms with Gasteiger partial charge in [0.15, 0.2) is 11.5 Å². The number of amides is 1. The lowest BCUT2D eigenvalue weighted by Gasteiger charge is -2.10. The Morgan fingerprint density at radius 2 is 1.93 bits per heavy atom. The van der Waals surface area contributed by atoms with Crippen molar-refractivity contribution in [2.24, 2.45) is 0 Å². The van der Waals surface area contributed by atoms with Gasteiger partial charge in [-0.3, -0.25) is 4.79 Å². The molecule has 0 radical (unpaired) electrons. The predicted molar refractivity (Wildman–Crippen MR) is 104 cm³/mol. The highest BCUT2D eigenvalue weighted by Crippen LogP contribution is 2.38. The van der Waals surface area contributed by atoms with E-state index in [1.54, 1.807) is 31.4 Å². The van der Waals surface area contributed by atoms with Crippen molar-refractivity contribution in [3.8, 4) is 17.6 Å². The zero-order chi connectivity index (χ0) is 19.6. The van der Waals surface area contributed by atoms with E-state index in [0.29, 0.717) is 23.2 Å². The van der Waals surface area contributed by atoms with Crippen molar-refractivity contribution in [3.63, 3.8) is 0 Å². The van der Waals surface area contributed by atoms with E-state index >= 15 is 0 Å². The number of aryl methyl sites for hydroxylation is 1. The summed E-state index contributed by atoms with van der Waals surface area (Å²) in [5.41, 5.74) is 3.72. The van der Waals surface area contributed by atoms with E-state index in [9.17, 15) is 10.1 Å². The number of anilines is 1. The van der Waals surface area contributed by atoms with Gasteiger partial charge in [-0.15, -0.1) is 0 Å². The molecule has 3 rings (SSSR count). The van der Waals surface area contributed by atoms with Crippen molar-refractivity contribution >= 4 is 17.7 Å². The Morgan fingerprint density at radius 3 is 2.52 bits per heavy atom. The Kier molecular flexibility index (Phi) is 5.22. The fourth-order valence-electron chi connectivity index (χ4n) is 3.26. The van der Waals surface area contributed by atoms with Gasteiger partial charge in [-0.25, -0.2) is 0 Å². The molecule has 0 saturated heterocycles. The molecule has 6 nitrogen and oxygen atoms in total. The lowest BCUT2D eigenvalue weighted by molar-refractivity contribution is -0.112. The zero-order valence-electron chi connectivity index (χ0n) is 16.0. The number of aromatic nitrogens is 1. The molecular weight excluding hydrogens is 342 g/mol. The maximum atomic E-state index is 12.6. The second kappa shape index (κ2) is 7.58. The molecular formula is C21H23N3O3. The summed E-state index contributed by atoms with van der Waals surface area (Å²) in [6.07, 6.45) is 4.02. The van der Waals surface area contributed by atoms with Crippen LogP contribution >= 0.6 is 0 Å². The molecule has 1 amide bonds. The topological polar surface area (TPSA) is 76.3 Å². The monoisotopic (exact) mass is 365 g/mol. The number of hydrogen-bond donors (Lipinski definition) is 1. The van der Waals surface area contributed by atoms with Crippen LogP contribution in [0, 0.1) is 25.2 Å². The number of carbonyl (C=O) groups excluding carboxylic acids is 1. The SMILES string of the molecule is COc1ccc(NC(=O)/C(C#N)=C/c2cc(C)n(C3CC3)c2C)cc1OC. The average Bonchev–Trinajstić information content (AvgIpc) is 3.45. The van der Waals surface area contributed by atoms with Crippen LogP contribution in [0.4, 0.5) is 5.69 Å². The van der Waals surface area contributed by atoms with Crippen LogP contribution in [0.25, 0.3) is 6.08 Å². The van der Waals surface area contributed by atoms with Crippen LogP contribution in [-0.4, -0.2) is 24.7 Å². The highest BCUT2D eigenvalue weighted by atomic mass is 16.5. The van der Waals surface area contributed by atoms with Crippen LogP contribution in [0.2, 0.25) is 0 Å². The molecule has 1 aromatic carbocycles. The highest BCUT2D eigenvalue weighted by molar-refractivity contribution is 6.09. The van der Waals surface area contributed by atoms with E-state index in [0.717, 1.165) is 17.0 Å². The first kappa shape index (κ1) is 18.6. The molecule has 1 aromatic heterocycles. The largest absolute Gasteiger partial charge is 0.493 e. The summed E-state index contributed by atoms with van der Waals surface area (Å²) < 4.78 is 12.7. The van der Waals surface area contributed by atoms with E-state index in [1.165, 1.54) is 20.0 Å². The molecule has 27 heavy (non-hydrogen) atoms. The summed E-state index contributed by atoms with van der Waals surface area (Å²) in [7, 11) is 3.07. The standard InChI is InChI=1S/C21H23N3O3/c1-13-9-15(14(2)24(13)18-6-7-18)10-16(12-22)21(25)23-17-5-8-19(26-3)20(11-17)27-4/h5,8-11,18H,6-7H2,1-4H3,(H,23,25)/b16-10+. The molecule has 1 aliphatic rings. The number of methoxy groups -OCH3 is 2. The Hall–Kier alpha value is -3.20. The van der Waals surface area contributed by atoms with Gasteiger partial charge in [0, 0.05) is 29.2 Å². The first-order chi connectivity index (χ1) is 13.0. The van der Waals surface area contributed by atoms with Gasteiger partial charge in [0.05, 0.1) is 14.2 Å². The summed E-state index contributed by atoms with van der Waals surface area (Å²) in [5, 5.41) is 12.2. The number of hydrogen-bond acceptors (Lipinski definition) is 4. The fraction of sp³-hybridized carbons (Fsp3) is 0.333. The molecule has 1 N–H and O–H groups in total. The Balaban J connectivity index is 1.84. The summed E-state index contributed by atoms with van der Waals surface area (Å²) in [4.78, 5) is 12.6. The minimum atomic E-state index is -0.457. The van der Waals surface area contributed by atoms with Crippen LogP contribution in [-0.2, 0) is 4.79 Å². The van der Waals surface area contributed by atoms with Gasteiger partial charge in [-0.1, -0.05) is 0 Å². The number of nitrogens with zero attached hydrogens (tertiary/aromatic N) is 2. The number of benzene rings is 1. The molecule has 0 unspecified atom stereocenters. The van der Waals surface area contributed by atoms with Gasteiger partial charge in [-0.2, -0.15) is 5.26 Å². The summed E-state index contributed by atoms with van der Waals surface area (Å²) in [6, 6.07) is 9.64. The zero-order valence-corrected chi connectivity index (χ0v) is 16.0. The number of nitriles is 1. The van der Waals surface area contributed by atoms with E-state index in [1.807, 2.05) is 19.1 Å². The quantitative estimate of drug-likeness (QED) is 0.620. The maximum absolute atomic E-state index is 12.6. The third-order valence-corrected chi connectivity index (χ3v) is 4.74. The van der Waals surface area contributed by atoms with Crippen LogP contribution in [0.5, 0.6) is 11.5 Å². The number of nitrogens with one attached hydrogen (secondary N) is 1. The summed E-state index contributed by atoms with van der Waals surface area (Å²) in [6.45, 7) is 4.08. The lowest BCUT2D eigenvalue weighted by Crippen LogP contribution is -2.13. The molecule has 0 spiro atoms. The van der Waals surface area contributed by atoms with Crippen LogP contribution < -0.4 is 14.8 Å². The van der Waals surface area contributed by atoms with E-state index in [2.05, 4.69) is 16.8 Å². The summed E-state index contributed by atoms with van der Waals surface area (Å²) in [5.74, 6) is 0.616. The fourth-order valence-corrected chi connectivity index (χ4v) is 3.26. The number of rotatable bonds is 6. The van der Waals surface area contributed by atoms with Crippen molar-refractivity contribution in [1.82, 2.24) is 4.57 Å². The molecule has 2 aromatic rings. The third kappa shape index (κ3) is 3.82. The van der Waals surface area contributed by atoms with Crippen LogP contribution in [0.15, 0.2) is 29.8 Å². The van der Waals surface area contributed by atoms with Crippen molar-refractivity contribution in [3.05, 3.63) is 46.8 Å². The molecule has 1 saturated carbocycles. The lowest BCUT2D eigenvalue weighted by atomic mass is 10.1. The Labute approximate surface area is 159 Å². The minimum Gasteiger partial charge on any atom is -0.493 e. The molecule has 140 valence electrons. The molecule has 0 atom stereocenters. The average molecular weight is 365 g/mol. The van der Waals surface area contributed by atoms with Crippen LogP contribution in [0.3, 0.4) is 0 Å². The second-order valence-electron chi connectivity index (χ2n) is 6.62. The van der Waals surface area contributed by atoms with Crippen molar-refractivity contribution < 1.29 is 14.3 Å². The number of ether oxygens (including phenoxy) is 2. The van der Waals surface area contributed by atoms with Crippen LogP contribution in [0.1, 0.15) is 35.8 Å². The second-order valence-corrected chi connectivity index (χ2v) is 6.62. The molecule has 1 fully saturated rings.